The lowest BCUT2D eigenvalue weighted by molar-refractivity contribution is 0.0901. The fourth-order valence-corrected chi connectivity index (χ4v) is 4.79. The normalized spacial score (nSPS) is 29.6. The van der Waals surface area contributed by atoms with E-state index in [9.17, 15) is 0 Å². The SMILES string of the molecule is CCC(C)C1CN(Cc2ccc(Br)s2)C(C2CC2)CN1. The summed E-state index contributed by atoms with van der Waals surface area (Å²) in [5.74, 6) is 1.72. The molecule has 1 saturated heterocycles. The van der Waals surface area contributed by atoms with Gasteiger partial charge in [-0.25, -0.2) is 0 Å². The summed E-state index contributed by atoms with van der Waals surface area (Å²) in [4.78, 5) is 4.25. The van der Waals surface area contributed by atoms with E-state index in [4.69, 9.17) is 0 Å². The van der Waals surface area contributed by atoms with Gasteiger partial charge in [0.25, 0.3) is 0 Å². The van der Waals surface area contributed by atoms with E-state index in [1.165, 1.54) is 41.0 Å². The minimum Gasteiger partial charge on any atom is -0.311 e. The van der Waals surface area contributed by atoms with Crippen molar-refractivity contribution in [2.75, 3.05) is 13.1 Å². The first-order chi connectivity index (χ1) is 9.67. The highest BCUT2D eigenvalue weighted by molar-refractivity contribution is 9.11. The highest BCUT2D eigenvalue weighted by atomic mass is 79.9. The molecule has 0 aromatic carbocycles. The summed E-state index contributed by atoms with van der Waals surface area (Å²) < 4.78 is 1.25. The van der Waals surface area contributed by atoms with Crippen LogP contribution in [0.25, 0.3) is 0 Å². The lowest BCUT2D eigenvalue weighted by atomic mass is 9.94. The fourth-order valence-electron chi connectivity index (χ4n) is 3.28. The summed E-state index contributed by atoms with van der Waals surface area (Å²) in [6.45, 7) is 8.22. The number of nitrogens with zero attached hydrogens (tertiary/aromatic N) is 1. The van der Waals surface area contributed by atoms with Crippen molar-refractivity contribution < 1.29 is 0 Å². The Balaban J connectivity index is 1.68. The van der Waals surface area contributed by atoms with Gasteiger partial charge in [0.2, 0.25) is 0 Å². The predicted octanol–water partition coefficient (Wildman–Crippen LogP) is 4.11. The van der Waals surface area contributed by atoms with Crippen molar-refractivity contribution in [2.45, 2.75) is 51.7 Å². The van der Waals surface area contributed by atoms with Crippen LogP contribution in [0.4, 0.5) is 0 Å². The summed E-state index contributed by atoms with van der Waals surface area (Å²) in [7, 11) is 0. The number of hydrogen-bond donors (Lipinski definition) is 1. The Hall–Kier alpha value is 0.1000. The van der Waals surface area contributed by atoms with Crippen molar-refractivity contribution in [1.82, 2.24) is 10.2 Å². The van der Waals surface area contributed by atoms with Gasteiger partial charge < -0.3 is 5.32 Å². The first kappa shape index (κ1) is 15.0. The van der Waals surface area contributed by atoms with Crippen LogP contribution in [0.3, 0.4) is 0 Å². The van der Waals surface area contributed by atoms with E-state index >= 15 is 0 Å². The first-order valence-corrected chi connectivity index (χ1v) is 9.50. The molecule has 0 spiro atoms. The molecule has 1 aromatic rings. The van der Waals surface area contributed by atoms with Gasteiger partial charge in [0.15, 0.2) is 0 Å². The standard InChI is InChI=1S/C16H25BrN2S/c1-3-11(2)14-10-19(9-13-6-7-16(17)20-13)15(8-18-14)12-4-5-12/h6-7,11-12,14-15,18H,3-5,8-10H2,1-2H3. The van der Waals surface area contributed by atoms with Gasteiger partial charge >= 0.3 is 0 Å². The van der Waals surface area contributed by atoms with Crippen LogP contribution in [0.2, 0.25) is 0 Å². The van der Waals surface area contributed by atoms with E-state index in [1.807, 2.05) is 11.3 Å². The molecule has 4 heteroatoms. The molecule has 0 amide bonds. The summed E-state index contributed by atoms with van der Waals surface area (Å²) in [5.41, 5.74) is 0. The van der Waals surface area contributed by atoms with E-state index < -0.39 is 0 Å². The van der Waals surface area contributed by atoms with Gasteiger partial charge in [-0.1, -0.05) is 20.3 Å². The zero-order chi connectivity index (χ0) is 14.1. The summed E-state index contributed by atoms with van der Waals surface area (Å²) in [5, 5.41) is 3.81. The Kier molecular flexibility index (Phi) is 4.86. The lowest BCUT2D eigenvalue weighted by Gasteiger charge is -2.42. The maximum Gasteiger partial charge on any atom is 0.0701 e. The van der Waals surface area contributed by atoms with Gasteiger partial charge in [0.1, 0.15) is 0 Å². The molecule has 3 rings (SSSR count). The molecule has 2 aliphatic rings. The molecule has 3 atom stereocenters. The van der Waals surface area contributed by atoms with Gasteiger partial charge in [0.05, 0.1) is 3.79 Å². The van der Waals surface area contributed by atoms with Crippen LogP contribution >= 0.6 is 27.3 Å². The Morgan fingerprint density at radius 2 is 2.25 bits per heavy atom. The van der Waals surface area contributed by atoms with Gasteiger partial charge in [-0.2, -0.15) is 0 Å². The summed E-state index contributed by atoms with van der Waals surface area (Å²) in [6.07, 6.45) is 4.14. The smallest absolute Gasteiger partial charge is 0.0701 e. The van der Waals surface area contributed by atoms with Crippen LogP contribution in [-0.2, 0) is 6.54 Å². The van der Waals surface area contributed by atoms with Crippen LogP contribution in [0, 0.1) is 11.8 Å². The molecule has 3 unspecified atom stereocenters. The van der Waals surface area contributed by atoms with Crippen LogP contribution in [0.15, 0.2) is 15.9 Å². The number of piperazine rings is 1. The molecular weight excluding hydrogens is 332 g/mol. The molecule has 1 aliphatic carbocycles. The largest absolute Gasteiger partial charge is 0.311 e. The van der Waals surface area contributed by atoms with E-state index in [-0.39, 0.29) is 0 Å². The quantitative estimate of drug-likeness (QED) is 0.853. The molecule has 2 heterocycles. The summed E-state index contributed by atoms with van der Waals surface area (Å²) in [6, 6.07) is 5.88. The van der Waals surface area contributed by atoms with E-state index in [2.05, 4.69) is 52.1 Å². The molecule has 2 nitrogen and oxygen atoms in total. The van der Waals surface area contributed by atoms with Crippen LogP contribution in [0.5, 0.6) is 0 Å². The zero-order valence-corrected chi connectivity index (χ0v) is 14.8. The van der Waals surface area contributed by atoms with Crippen molar-refractivity contribution in [3.05, 3.63) is 20.8 Å². The number of nitrogens with one attached hydrogen (secondary N) is 1. The molecular formula is C16H25BrN2S. The van der Waals surface area contributed by atoms with Gasteiger partial charge in [-0.15, -0.1) is 11.3 Å². The molecule has 0 bridgehead atoms. The van der Waals surface area contributed by atoms with Crippen molar-refractivity contribution in [3.63, 3.8) is 0 Å². The molecule has 1 aromatic heterocycles. The Morgan fingerprint density at radius 3 is 2.85 bits per heavy atom. The number of halogens is 1. The topological polar surface area (TPSA) is 15.3 Å². The van der Waals surface area contributed by atoms with E-state index in [0.29, 0.717) is 6.04 Å². The first-order valence-electron chi connectivity index (χ1n) is 7.89. The fraction of sp³-hybridized carbons (Fsp3) is 0.750. The third-order valence-corrected chi connectivity index (χ3v) is 6.58. The average molecular weight is 357 g/mol. The molecule has 1 N–H and O–H groups in total. The predicted molar refractivity (Wildman–Crippen MR) is 90.2 cm³/mol. The van der Waals surface area contributed by atoms with Gasteiger partial charge in [0, 0.05) is 36.6 Å². The maximum atomic E-state index is 3.81. The Morgan fingerprint density at radius 1 is 1.45 bits per heavy atom. The monoisotopic (exact) mass is 356 g/mol. The summed E-state index contributed by atoms with van der Waals surface area (Å²) >= 11 is 5.47. The Labute approximate surface area is 135 Å². The van der Waals surface area contributed by atoms with Crippen molar-refractivity contribution >= 4 is 27.3 Å². The van der Waals surface area contributed by atoms with Gasteiger partial charge in [-0.05, 0) is 52.7 Å². The molecule has 112 valence electrons. The third-order valence-electron chi connectivity index (χ3n) is 4.97. The highest BCUT2D eigenvalue weighted by Gasteiger charge is 2.39. The second-order valence-corrected chi connectivity index (χ2v) is 8.99. The van der Waals surface area contributed by atoms with Crippen molar-refractivity contribution in [1.29, 1.82) is 0 Å². The lowest BCUT2D eigenvalue weighted by Crippen LogP contribution is -2.58. The molecule has 2 fully saturated rings. The molecule has 0 radical (unpaired) electrons. The zero-order valence-electron chi connectivity index (χ0n) is 12.4. The van der Waals surface area contributed by atoms with Crippen molar-refractivity contribution in [3.8, 4) is 0 Å². The van der Waals surface area contributed by atoms with Crippen LogP contribution < -0.4 is 5.32 Å². The average Bonchev–Trinajstić information content (AvgIpc) is 3.21. The van der Waals surface area contributed by atoms with Gasteiger partial charge in [-0.3, -0.25) is 4.90 Å². The molecule has 1 saturated carbocycles. The second kappa shape index (κ2) is 6.47. The van der Waals surface area contributed by atoms with Crippen LogP contribution in [-0.4, -0.2) is 30.1 Å². The minimum atomic E-state index is 0.665. The highest BCUT2D eigenvalue weighted by Crippen LogP contribution is 2.38. The minimum absolute atomic E-state index is 0.665. The van der Waals surface area contributed by atoms with E-state index in [0.717, 1.165) is 24.4 Å². The van der Waals surface area contributed by atoms with Crippen LogP contribution in [0.1, 0.15) is 38.0 Å². The van der Waals surface area contributed by atoms with Crippen molar-refractivity contribution in [2.24, 2.45) is 11.8 Å². The second-order valence-electron chi connectivity index (χ2n) is 6.44. The number of rotatable bonds is 5. The van der Waals surface area contributed by atoms with E-state index in [1.54, 1.807) is 0 Å². The molecule has 20 heavy (non-hydrogen) atoms. The Bertz CT molecular complexity index is 443. The number of hydrogen-bond acceptors (Lipinski definition) is 3. The maximum absolute atomic E-state index is 3.81. The third kappa shape index (κ3) is 3.46. The number of thiophene rings is 1. The molecule has 1 aliphatic heterocycles.